The van der Waals surface area contributed by atoms with Crippen LogP contribution in [0.4, 0.5) is 0 Å². The molecule has 150 valence electrons. The second-order valence-electron chi connectivity index (χ2n) is 7.32. The quantitative estimate of drug-likeness (QED) is 0.480. The Labute approximate surface area is 174 Å². The van der Waals surface area contributed by atoms with Gasteiger partial charge in [0.1, 0.15) is 17.2 Å². The van der Waals surface area contributed by atoms with Gasteiger partial charge in [-0.25, -0.2) is 4.68 Å². The summed E-state index contributed by atoms with van der Waals surface area (Å²) >= 11 is 0. The van der Waals surface area contributed by atoms with Crippen LogP contribution in [0.3, 0.4) is 0 Å². The normalized spacial score (nSPS) is 10.8. The molecular weight excluding hydrogens is 376 g/mol. The third-order valence-corrected chi connectivity index (χ3v) is 4.84. The van der Waals surface area contributed by atoms with Crippen LogP contribution in [0.1, 0.15) is 22.4 Å². The molecule has 6 nitrogen and oxygen atoms in total. The summed E-state index contributed by atoms with van der Waals surface area (Å²) in [4.78, 5) is 24.8. The van der Waals surface area contributed by atoms with Crippen LogP contribution in [0.25, 0.3) is 5.69 Å². The molecule has 0 unspecified atom stereocenters. The summed E-state index contributed by atoms with van der Waals surface area (Å²) < 4.78 is 3.34. The van der Waals surface area contributed by atoms with Gasteiger partial charge in [0.2, 0.25) is 5.43 Å². The van der Waals surface area contributed by atoms with E-state index >= 15 is 0 Å². The highest BCUT2D eigenvalue weighted by Gasteiger charge is 2.09. The van der Waals surface area contributed by atoms with Crippen LogP contribution in [0.5, 0.6) is 0 Å². The first-order valence-corrected chi connectivity index (χ1v) is 9.78. The molecule has 0 spiro atoms. The minimum Gasteiger partial charge on any atom is -0.299 e. The zero-order valence-corrected chi connectivity index (χ0v) is 16.7. The van der Waals surface area contributed by atoms with E-state index in [1.165, 1.54) is 6.07 Å². The summed E-state index contributed by atoms with van der Waals surface area (Å²) in [5, 5.41) is 8.63. The van der Waals surface area contributed by atoms with Crippen LogP contribution in [0.15, 0.2) is 84.0 Å². The van der Waals surface area contributed by atoms with Crippen molar-refractivity contribution in [2.75, 3.05) is 0 Å². The van der Waals surface area contributed by atoms with E-state index in [4.69, 9.17) is 0 Å². The largest absolute Gasteiger partial charge is 0.299 e. The summed E-state index contributed by atoms with van der Waals surface area (Å²) in [6.45, 7) is 0. The highest BCUT2D eigenvalue weighted by molar-refractivity contribution is 5.83. The average molecular weight is 398 g/mol. The monoisotopic (exact) mass is 398 g/mol. The average Bonchev–Trinajstić information content (AvgIpc) is 3.17. The molecule has 0 aliphatic carbocycles. The van der Waals surface area contributed by atoms with Gasteiger partial charge in [-0.2, -0.15) is 10.2 Å². The van der Waals surface area contributed by atoms with Crippen molar-refractivity contribution in [1.29, 1.82) is 0 Å². The van der Waals surface area contributed by atoms with E-state index in [9.17, 15) is 9.59 Å². The fourth-order valence-corrected chi connectivity index (χ4v) is 3.40. The van der Waals surface area contributed by atoms with Gasteiger partial charge < -0.3 is 0 Å². The Balaban J connectivity index is 1.49. The van der Waals surface area contributed by atoms with E-state index in [0.29, 0.717) is 25.0 Å². The molecule has 0 aliphatic heterocycles. The van der Waals surface area contributed by atoms with Crippen LogP contribution >= 0.6 is 0 Å². The number of aryl methyl sites for hydroxylation is 1. The SMILES string of the molecule is Cn1cc(-n2ccc(=O)c(Cc3cccc(CC(=O)Cc4ccccc4)c3)n2)cn1. The zero-order chi connectivity index (χ0) is 20.9. The topological polar surface area (TPSA) is 69.8 Å². The maximum absolute atomic E-state index is 12.4. The van der Waals surface area contributed by atoms with Crippen LogP contribution in [0, 0.1) is 0 Å². The van der Waals surface area contributed by atoms with Crippen molar-refractivity contribution in [1.82, 2.24) is 19.6 Å². The predicted molar refractivity (Wildman–Crippen MR) is 115 cm³/mol. The third-order valence-electron chi connectivity index (χ3n) is 4.84. The number of rotatable bonds is 7. The smallest absolute Gasteiger partial charge is 0.203 e. The van der Waals surface area contributed by atoms with Gasteiger partial charge in [-0.1, -0.05) is 54.6 Å². The first-order chi connectivity index (χ1) is 14.6. The van der Waals surface area contributed by atoms with Gasteiger partial charge in [0.25, 0.3) is 0 Å². The molecule has 0 bridgehead atoms. The lowest BCUT2D eigenvalue weighted by Gasteiger charge is -2.07. The van der Waals surface area contributed by atoms with Crippen LogP contribution in [-0.4, -0.2) is 25.3 Å². The number of carbonyl (C=O) groups excluding carboxylic acids is 1. The molecule has 2 aromatic heterocycles. The molecule has 0 atom stereocenters. The Morgan fingerprint density at radius 1 is 0.933 bits per heavy atom. The Bertz CT molecular complexity index is 1230. The van der Waals surface area contributed by atoms with Crippen molar-refractivity contribution in [2.24, 2.45) is 7.05 Å². The number of Topliss-reactive ketones (excluding diaryl/α,β-unsaturated/α-hetero) is 1. The van der Waals surface area contributed by atoms with Crippen LogP contribution in [-0.2, 0) is 31.1 Å². The van der Waals surface area contributed by atoms with Gasteiger partial charge in [0, 0.05) is 38.6 Å². The zero-order valence-electron chi connectivity index (χ0n) is 16.7. The number of ketones is 1. The number of nitrogens with zero attached hydrogens (tertiary/aromatic N) is 4. The molecule has 0 radical (unpaired) electrons. The van der Waals surface area contributed by atoms with Crippen molar-refractivity contribution < 1.29 is 4.79 Å². The minimum atomic E-state index is -0.110. The molecule has 0 saturated carbocycles. The highest BCUT2D eigenvalue weighted by Crippen LogP contribution is 2.12. The summed E-state index contributed by atoms with van der Waals surface area (Å²) in [5.41, 5.74) is 4.04. The Morgan fingerprint density at radius 3 is 2.43 bits per heavy atom. The van der Waals surface area contributed by atoms with E-state index < -0.39 is 0 Å². The van der Waals surface area contributed by atoms with Gasteiger partial charge in [-0.3, -0.25) is 14.3 Å². The van der Waals surface area contributed by atoms with Gasteiger partial charge >= 0.3 is 0 Å². The molecule has 4 aromatic rings. The lowest BCUT2D eigenvalue weighted by Crippen LogP contribution is -2.16. The molecule has 0 amide bonds. The fourth-order valence-electron chi connectivity index (χ4n) is 3.40. The van der Waals surface area contributed by atoms with Crippen molar-refractivity contribution in [3.63, 3.8) is 0 Å². The Kier molecular flexibility index (Phi) is 5.66. The molecule has 0 aliphatic rings. The van der Waals surface area contributed by atoms with E-state index in [0.717, 1.165) is 22.4 Å². The van der Waals surface area contributed by atoms with Crippen LogP contribution < -0.4 is 5.43 Å². The number of hydrogen-bond acceptors (Lipinski definition) is 4. The second kappa shape index (κ2) is 8.69. The molecule has 0 fully saturated rings. The molecular formula is C24H22N4O2. The van der Waals surface area contributed by atoms with Crippen molar-refractivity contribution in [3.8, 4) is 5.69 Å². The summed E-state index contributed by atoms with van der Waals surface area (Å²) in [7, 11) is 1.83. The maximum atomic E-state index is 12.4. The fraction of sp³-hybridized carbons (Fsp3) is 0.167. The van der Waals surface area contributed by atoms with Crippen molar-refractivity contribution >= 4 is 5.78 Å². The van der Waals surface area contributed by atoms with Gasteiger partial charge in [0.05, 0.1) is 12.4 Å². The standard InChI is InChI=1S/C24H22N4O2/c1-27-17-21(16-25-27)28-11-10-24(30)23(26-28)15-20-9-5-8-19(12-20)14-22(29)13-18-6-3-2-4-7-18/h2-12,16-17H,13-15H2,1H3. The lowest BCUT2D eigenvalue weighted by molar-refractivity contribution is -0.117. The summed E-state index contributed by atoms with van der Waals surface area (Å²) in [6, 6.07) is 19.1. The molecule has 2 heterocycles. The predicted octanol–water partition coefficient (Wildman–Crippen LogP) is 2.91. The van der Waals surface area contributed by atoms with E-state index in [2.05, 4.69) is 10.2 Å². The molecule has 30 heavy (non-hydrogen) atoms. The second-order valence-corrected chi connectivity index (χ2v) is 7.32. The minimum absolute atomic E-state index is 0.110. The molecule has 6 heteroatoms. The number of carbonyl (C=O) groups is 1. The molecule has 4 rings (SSSR count). The summed E-state index contributed by atoms with van der Waals surface area (Å²) in [5.74, 6) is 0.162. The molecule has 0 saturated heterocycles. The first kappa shape index (κ1) is 19.5. The Hall–Kier alpha value is -3.80. The highest BCUT2D eigenvalue weighted by atomic mass is 16.1. The van der Waals surface area contributed by atoms with Gasteiger partial charge in [0.15, 0.2) is 0 Å². The van der Waals surface area contributed by atoms with Gasteiger partial charge in [-0.05, 0) is 16.7 Å². The number of benzene rings is 2. The third kappa shape index (κ3) is 4.78. The van der Waals surface area contributed by atoms with E-state index in [1.807, 2.05) is 67.8 Å². The van der Waals surface area contributed by atoms with Crippen LogP contribution in [0.2, 0.25) is 0 Å². The lowest BCUT2D eigenvalue weighted by atomic mass is 10.00. The van der Waals surface area contributed by atoms with E-state index in [-0.39, 0.29) is 11.2 Å². The maximum Gasteiger partial charge on any atom is 0.203 e. The first-order valence-electron chi connectivity index (χ1n) is 9.78. The van der Waals surface area contributed by atoms with Crippen molar-refractivity contribution in [3.05, 3.63) is 112 Å². The number of hydrogen-bond donors (Lipinski definition) is 0. The van der Waals surface area contributed by atoms with E-state index in [1.54, 1.807) is 21.8 Å². The molecule has 0 N–H and O–H groups in total. The molecule has 2 aromatic carbocycles. The van der Waals surface area contributed by atoms with Crippen molar-refractivity contribution in [2.45, 2.75) is 19.3 Å². The van der Waals surface area contributed by atoms with Gasteiger partial charge in [-0.15, -0.1) is 0 Å². The Morgan fingerprint density at radius 2 is 1.67 bits per heavy atom. The number of aromatic nitrogens is 4. The summed E-state index contributed by atoms with van der Waals surface area (Å²) in [6.07, 6.45) is 6.36.